The first kappa shape index (κ1) is 40.9. The number of hydrogen-bond donors (Lipinski definition) is 2. The van der Waals surface area contributed by atoms with Gasteiger partial charge >= 0.3 is 0 Å². The molecule has 4 rings (SSSR count). The van der Waals surface area contributed by atoms with Gasteiger partial charge in [0.05, 0.1) is 44.5 Å². The van der Waals surface area contributed by atoms with E-state index in [1.807, 2.05) is 26.1 Å². The first-order chi connectivity index (χ1) is 24.6. The van der Waals surface area contributed by atoms with E-state index in [2.05, 4.69) is 14.9 Å². The maximum absolute atomic E-state index is 13.1. The molecule has 1 aliphatic heterocycles. The third kappa shape index (κ3) is 12.9. The highest BCUT2D eigenvalue weighted by atomic mass is 35.5. The molecule has 0 saturated carbocycles. The second-order valence-corrected chi connectivity index (χ2v) is 14.7. The van der Waals surface area contributed by atoms with E-state index in [-0.39, 0.29) is 35.7 Å². The molecule has 2 N–H and O–H groups in total. The second kappa shape index (κ2) is 21.0. The maximum atomic E-state index is 13.1. The summed E-state index contributed by atoms with van der Waals surface area (Å²) in [7, 11) is -1.75. The molecule has 1 heterocycles. The van der Waals surface area contributed by atoms with Crippen LogP contribution in [-0.2, 0) is 35.5 Å². The number of rotatable bonds is 22. The summed E-state index contributed by atoms with van der Waals surface area (Å²) in [6, 6.07) is 17.2. The van der Waals surface area contributed by atoms with E-state index >= 15 is 0 Å². The molecule has 51 heavy (non-hydrogen) atoms. The summed E-state index contributed by atoms with van der Waals surface area (Å²) in [6.45, 7) is 6.76. The molecule has 1 unspecified atom stereocenters. The van der Waals surface area contributed by atoms with Crippen LogP contribution in [-0.4, -0.2) is 105 Å². The molecule has 0 saturated heterocycles. The van der Waals surface area contributed by atoms with Gasteiger partial charge in [0.25, 0.3) is 5.91 Å². The molecule has 1 aliphatic rings. The number of carbonyl (C=O) groups is 2. The van der Waals surface area contributed by atoms with Gasteiger partial charge < -0.3 is 29.2 Å². The zero-order valence-electron chi connectivity index (χ0n) is 29.1. The number of benzene rings is 3. The summed E-state index contributed by atoms with van der Waals surface area (Å²) in [5.41, 5.74) is 3.93. The van der Waals surface area contributed by atoms with Crippen LogP contribution in [0.4, 0.5) is 0 Å². The summed E-state index contributed by atoms with van der Waals surface area (Å²) in [6.07, 6.45) is 1.07. The normalized spacial score (nSPS) is 14.7. The van der Waals surface area contributed by atoms with Crippen molar-refractivity contribution < 1.29 is 37.0 Å². The lowest BCUT2D eigenvalue weighted by Gasteiger charge is -2.33. The zero-order chi connectivity index (χ0) is 36.6. The molecular formula is C37H47Cl2N3O8S. The molecule has 0 radical (unpaired) electrons. The number of ketones is 1. The van der Waals surface area contributed by atoms with Gasteiger partial charge in [-0.15, -0.1) is 0 Å². The predicted molar refractivity (Wildman–Crippen MR) is 198 cm³/mol. The van der Waals surface area contributed by atoms with Crippen LogP contribution in [0.15, 0.2) is 65.6 Å². The topological polar surface area (TPSA) is 133 Å². The van der Waals surface area contributed by atoms with Gasteiger partial charge in [0.15, 0.2) is 5.78 Å². The minimum Gasteiger partial charge on any atom is -0.382 e. The average Bonchev–Trinajstić information content (AvgIpc) is 3.12. The molecule has 0 bridgehead atoms. The highest BCUT2D eigenvalue weighted by molar-refractivity contribution is 7.89. The van der Waals surface area contributed by atoms with Gasteiger partial charge in [-0.1, -0.05) is 47.5 Å². The summed E-state index contributed by atoms with van der Waals surface area (Å²) in [5.74, 6) is -0.290. The summed E-state index contributed by atoms with van der Waals surface area (Å²) in [4.78, 5) is 26.9. The molecule has 14 heteroatoms. The number of amides is 1. The molecular weight excluding hydrogens is 717 g/mol. The smallest absolute Gasteiger partial charge is 0.251 e. The predicted octanol–water partition coefficient (Wildman–Crippen LogP) is 5.33. The van der Waals surface area contributed by atoms with Crippen molar-refractivity contribution >= 4 is 44.9 Å². The first-order valence-electron chi connectivity index (χ1n) is 17.1. The number of ether oxygens (including phenoxy) is 4. The van der Waals surface area contributed by atoms with Crippen molar-refractivity contribution in [2.24, 2.45) is 0 Å². The standard InChI is InChI=1S/C37H47Cl2N3O8S/c1-3-47-15-5-8-36(43)27-9-11-28(12-10-27)37(44)40-13-16-48-18-20-50-21-19-49-17-14-41-51(45,46)31-7-4-6-29(22-31)33-25-42(2)26-34-32(33)23-30(38)24-35(34)39/h4,6-7,9-12,22-24,33,41H,3,5,8,13-21,25-26H2,1-2H3,(H,40,44). The summed E-state index contributed by atoms with van der Waals surface area (Å²) < 4.78 is 50.5. The molecule has 0 aromatic heterocycles. The van der Waals surface area contributed by atoms with Gasteiger partial charge in [-0.3, -0.25) is 9.59 Å². The first-order valence-corrected chi connectivity index (χ1v) is 19.3. The lowest BCUT2D eigenvalue weighted by atomic mass is 9.85. The van der Waals surface area contributed by atoms with E-state index in [9.17, 15) is 18.0 Å². The molecule has 278 valence electrons. The average molecular weight is 765 g/mol. The van der Waals surface area contributed by atoms with Crippen molar-refractivity contribution in [1.29, 1.82) is 0 Å². The van der Waals surface area contributed by atoms with E-state index in [1.165, 1.54) is 0 Å². The third-order valence-electron chi connectivity index (χ3n) is 8.24. The van der Waals surface area contributed by atoms with E-state index in [0.717, 1.165) is 16.7 Å². The quantitative estimate of drug-likeness (QED) is 0.103. The van der Waals surface area contributed by atoms with Crippen LogP contribution in [0.3, 0.4) is 0 Å². The van der Waals surface area contributed by atoms with E-state index in [0.29, 0.717) is 99.9 Å². The van der Waals surface area contributed by atoms with E-state index < -0.39 is 10.0 Å². The number of likely N-dealkylation sites (N-methyl/N-ethyl adjacent to an activating group) is 1. The zero-order valence-corrected chi connectivity index (χ0v) is 31.5. The van der Waals surface area contributed by atoms with E-state index in [1.54, 1.807) is 48.5 Å². The third-order valence-corrected chi connectivity index (χ3v) is 10.3. The van der Waals surface area contributed by atoms with Crippen LogP contribution < -0.4 is 10.0 Å². The molecule has 1 amide bonds. The van der Waals surface area contributed by atoms with Crippen LogP contribution in [0.5, 0.6) is 0 Å². The minimum absolute atomic E-state index is 0.0261. The van der Waals surface area contributed by atoms with E-state index in [4.69, 9.17) is 42.1 Å². The monoisotopic (exact) mass is 763 g/mol. The molecule has 0 aliphatic carbocycles. The fraction of sp³-hybridized carbons (Fsp3) is 0.459. The van der Waals surface area contributed by atoms with Crippen molar-refractivity contribution in [3.05, 3.63) is 98.5 Å². The Morgan fingerprint density at radius 2 is 1.51 bits per heavy atom. The van der Waals surface area contributed by atoms with Crippen molar-refractivity contribution in [2.75, 3.05) is 79.5 Å². The Kier molecular flexibility index (Phi) is 16.8. The Balaban J connectivity index is 1.05. The molecule has 1 atom stereocenters. The lowest BCUT2D eigenvalue weighted by Crippen LogP contribution is -2.31. The summed E-state index contributed by atoms with van der Waals surface area (Å²) in [5, 5.41) is 3.95. The van der Waals surface area contributed by atoms with Gasteiger partial charge in [0.2, 0.25) is 10.0 Å². The fourth-order valence-corrected chi connectivity index (χ4v) is 7.31. The number of carbonyl (C=O) groups excluding carboxylic acids is 2. The SMILES string of the molecule is CCOCCCC(=O)c1ccc(C(=O)NCCOCCOCCOCCNS(=O)(=O)c2cccc(C3CN(C)Cc4c(Cl)cc(Cl)cc43)c2)cc1. The maximum Gasteiger partial charge on any atom is 0.251 e. The number of Topliss-reactive ketones (excluding diaryl/α,β-unsaturated/α-hetero) is 1. The number of fused-ring (bicyclic) bond motifs is 1. The van der Waals surface area contributed by atoms with Crippen LogP contribution in [0.25, 0.3) is 0 Å². The Labute approximate surface area is 310 Å². The number of hydrogen-bond acceptors (Lipinski definition) is 9. The Hall–Kier alpha value is -2.91. The number of nitrogens with zero attached hydrogens (tertiary/aromatic N) is 1. The largest absolute Gasteiger partial charge is 0.382 e. The number of sulfonamides is 1. The van der Waals surface area contributed by atoms with Gasteiger partial charge in [-0.25, -0.2) is 13.1 Å². The minimum atomic E-state index is -3.76. The van der Waals surface area contributed by atoms with Gasteiger partial charge in [0.1, 0.15) is 0 Å². The molecule has 11 nitrogen and oxygen atoms in total. The van der Waals surface area contributed by atoms with Crippen LogP contribution in [0.1, 0.15) is 63.1 Å². The second-order valence-electron chi connectivity index (χ2n) is 12.1. The van der Waals surface area contributed by atoms with Crippen LogP contribution >= 0.6 is 23.2 Å². The number of halogens is 2. The van der Waals surface area contributed by atoms with Crippen LogP contribution in [0, 0.1) is 0 Å². The molecule has 0 fully saturated rings. The van der Waals surface area contributed by atoms with Gasteiger partial charge in [-0.2, -0.15) is 0 Å². The van der Waals surface area contributed by atoms with Gasteiger partial charge in [-0.05, 0) is 73.5 Å². The lowest BCUT2D eigenvalue weighted by molar-refractivity contribution is 0.0162. The van der Waals surface area contributed by atoms with Crippen molar-refractivity contribution in [3.8, 4) is 0 Å². The molecule has 3 aromatic carbocycles. The van der Waals surface area contributed by atoms with Crippen molar-refractivity contribution in [2.45, 2.75) is 37.1 Å². The Bertz CT molecular complexity index is 1690. The highest BCUT2D eigenvalue weighted by Crippen LogP contribution is 2.38. The summed E-state index contributed by atoms with van der Waals surface area (Å²) >= 11 is 12.8. The van der Waals surface area contributed by atoms with Crippen molar-refractivity contribution in [1.82, 2.24) is 14.9 Å². The van der Waals surface area contributed by atoms with Gasteiger partial charge in [0, 0.05) is 72.9 Å². The Morgan fingerprint density at radius 1 is 0.843 bits per heavy atom. The van der Waals surface area contributed by atoms with Crippen molar-refractivity contribution in [3.63, 3.8) is 0 Å². The Morgan fingerprint density at radius 3 is 2.22 bits per heavy atom. The number of nitrogens with one attached hydrogen (secondary N) is 2. The highest BCUT2D eigenvalue weighted by Gasteiger charge is 2.28. The fourth-order valence-electron chi connectivity index (χ4n) is 5.67. The van der Waals surface area contributed by atoms with Crippen LogP contribution in [0.2, 0.25) is 10.0 Å². The molecule has 3 aromatic rings. The molecule has 0 spiro atoms.